The number of amides is 1. The second-order valence-corrected chi connectivity index (χ2v) is 4.87. The monoisotopic (exact) mass is 251 g/mol. The number of aromatic nitrogens is 2. The number of H-pyrrole nitrogens is 1. The number of fused-ring (bicyclic) bond motifs is 1. The van der Waals surface area contributed by atoms with Crippen LogP contribution in [0.5, 0.6) is 0 Å². The van der Waals surface area contributed by atoms with E-state index in [0.717, 1.165) is 6.20 Å². The molecule has 0 radical (unpaired) electrons. The van der Waals surface area contributed by atoms with Gasteiger partial charge in [-0.1, -0.05) is 0 Å². The number of hydrogen-bond donors (Lipinski definition) is 2. The molecule has 5 nitrogen and oxygen atoms in total. The second-order valence-electron chi connectivity index (χ2n) is 4.87. The van der Waals surface area contributed by atoms with E-state index < -0.39 is 17.5 Å². The molecule has 0 saturated carbocycles. The topological polar surface area (TPSA) is 67.0 Å². The van der Waals surface area contributed by atoms with E-state index in [1.807, 2.05) is 0 Å². The number of nitrogens with one attached hydrogen (secondary N) is 2. The summed E-state index contributed by atoms with van der Waals surface area (Å²) in [6.45, 7) is 5.30. The molecule has 0 unspecified atom stereocenters. The lowest BCUT2D eigenvalue weighted by molar-refractivity contribution is 0.0636. The summed E-state index contributed by atoms with van der Waals surface area (Å²) in [5, 5.41) is 3.05. The summed E-state index contributed by atoms with van der Waals surface area (Å²) in [6.07, 6.45) is 3.49. The zero-order valence-corrected chi connectivity index (χ0v) is 10.4. The fourth-order valence-electron chi connectivity index (χ4n) is 1.52. The molecule has 0 atom stereocenters. The highest BCUT2D eigenvalue weighted by molar-refractivity contribution is 5.99. The average molecular weight is 251 g/mol. The lowest BCUT2D eigenvalue weighted by Crippen LogP contribution is -2.27. The van der Waals surface area contributed by atoms with E-state index in [1.54, 1.807) is 20.8 Å². The third-order valence-electron chi connectivity index (χ3n) is 2.19. The van der Waals surface area contributed by atoms with Crippen LogP contribution in [0, 0.1) is 5.82 Å². The van der Waals surface area contributed by atoms with Crippen molar-refractivity contribution in [3.63, 3.8) is 0 Å². The Labute approximate surface area is 103 Å². The minimum absolute atomic E-state index is 0.302. The Morgan fingerprint density at radius 1 is 1.44 bits per heavy atom. The number of halogens is 1. The van der Waals surface area contributed by atoms with Crippen LogP contribution >= 0.6 is 0 Å². The van der Waals surface area contributed by atoms with Gasteiger partial charge in [-0.15, -0.1) is 0 Å². The van der Waals surface area contributed by atoms with Gasteiger partial charge in [0.05, 0.1) is 17.4 Å². The quantitative estimate of drug-likeness (QED) is 0.818. The predicted molar refractivity (Wildman–Crippen MR) is 65.9 cm³/mol. The average Bonchev–Trinajstić information content (AvgIpc) is 2.60. The molecule has 0 bridgehead atoms. The first-order valence-electron chi connectivity index (χ1n) is 5.47. The Bertz CT molecular complexity index is 587. The van der Waals surface area contributed by atoms with E-state index >= 15 is 0 Å². The van der Waals surface area contributed by atoms with E-state index in [-0.39, 0.29) is 0 Å². The normalized spacial score (nSPS) is 11.6. The Kier molecular flexibility index (Phi) is 2.94. The molecule has 18 heavy (non-hydrogen) atoms. The molecule has 1 amide bonds. The van der Waals surface area contributed by atoms with Gasteiger partial charge in [0.25, 0.3) is 0 Å². The molecule has 2 heterocycles. The fourth-order valence-corrected chi connectivity index (χ4v) is 1.52. The molecular formula is C12H14FN3O2. The van der Waals surface area contributed by atoms with Gasteiger partial charge >= 0.3 is 6.09 Å². The highest BCUT2D eigenvalue weighted by Gasteiger charge is 2.17. The van der Waals surface area contributed by atoms with Crippen LogP contribution < -0.4 is 5.32 Å². The molecule has 0 saturated heterocycles. The molecule has 2 aromatic rings. The summed E-state index contributed by atoms with van der Waals surface area (Å²) in [7, 11) is 0. The van der Waals surface area contributed by atoms with Crippen molar-refractivity contribution in [2.24, 2.45) is 0 Å². The maximum absolute atomic E-state index is 13.4. The van der Waals surface area contributed by atoms with Crippen LogP contribution in [0.25, 0.3) is 10.9 Å². The summed E-state index contributed by atoms with van der Waals surface area (Å²) >= 11 is 0. The molecule has 0 aliphatic rings. The molecule has 0 fully saturated rings. The van der Waals surface area contributed by atoms with Crippen molar-refractivity contribution in [2.75, 3.05) is 5.32 Å². The number of ether oxygens (including phenoxy) is 1. The number of carbonyl (C=O) groups excluding carboxylic acids is 1. The number of hydrogen-bond acceptors (Lipinski definition) is 3. The number of nitrogens with zero attached hydrogens (tertiary/aromatic N) is 1. The largest absolute Gasteiger partial charge is 0.444 e. The maximum atomic E-state index is 13.4. The number of anilines is 1. The van der Waals surface area contributed by atoms with Gasteiger partial charge in [-0.2, -0.15) is 0 Å². The van der Waals surface area contributed by atoms with Crippen molar-refractivity contribution in [1.29, 1.82) is 0 Å². The molecule has 0 aliphatic heterocycles. The fraction of sp³-hybridized carbons (Fsp3) is 0.333. The van der Waals surface area contributed by atoms with Crippen molar-refractivity contribution in [3.8, 4) is 0 Å². The number of carbonyl (C=O) groups is 1. The number of pyridine rings is 1. The van der Waals surface area contributed by atoms with Crippen LogP contribution in [0.1, 0.15) is 20.8 Å². The molecule has 0 aliphatic carbocycles. The first-order chi connectivity index (χ1) is 8.37. The van der Waals surface area contributed by atoms with E-state index in [4.69, 9.17) is 4.74 Å². The van der Waals surface area contributed by atoms with Crippen LogP contribution in [-0.2, 0) is 4.74 Å². The zero-order chi connectivity index (χ0) is 13.3. The number of aromatic amines is 1. The van der Waals surface area contributed by atoms with E-state index in [2.05, 4.69) is 15.3 Å². The highest BCUT2D eigenvalue weighted by atomic mass is 19.1. The van der Waals surface area contributed by atoms with Crippen molar-refractivity contribution >= 4 is 22.7 Å². The molecule has 0 aromatic carbocycles. The zero-order valence-electron chi connectivity index (χ0n) is 10.4. The maximum Gasteiger partial charge on any atom is 0.412 e. The second kappa shape index (κ2) is 4.29. The molecule has 2 rings (SSSR count). The van der Waals surface area contributed by atoms with Gasteiger partial charge in [-0.25, -0.2) is 9.18 Å². The van der Waals surface area contributed by atoms with Gasteiger partial charge in [-0.3, -0.25) is 10.3 Å². The SMILES string of the molecule is CC(C)(C)OC(=O)Nc1c[nH]c2c(F)cncc12. The molecule has 6 heteroatoms. The van der Waals surface area contributed by atoms with Crippen molar-refractivity contribution in [3.05, 3.63) is 24.4 Å². The smallest absolute Gasteiger partial charge is 0.412 e. The van der Waals surface area contributed by atoms with Gasteiger partial charge in [0.2, 0.25) is 0 Å². The van der Waals surface area contributed by atoms with E-state index in [9.17, 15) is 9.18 Å². The van der Waals surface area contributed by atoms with Crippen molar-refractivity contribution in [1.82, 2.24) is 9.97 Å². The van der Waals surface area contributed by atoms with E-state index in [1.165, 1.54) is 12.4 Å². The first-order valence-corrected chi connectivity index (χ1v) is 5.47. The molecular weight excluding hydrogens is 237 g/mol. The van der Waals surface area contributed by atoms with Gasteiger partial charge in [0.15, 0.2) is 5.82 Å². The van der Waals surface area contributed by atoms with Crippen LogP contribution in [-0.4, -0.2) is 21.7 Å². The Balaban J connectivity index is 2.23. The van der Waals surface area contributed by atoms with Crippen LogP contribution in [0.4, 0.5) is 14.9 Å². The summed E-state index contributed by atoms with van der Waals surface area (Å²) < 4.78 is 18.5. The molecule has 2 aromatic heterocycles. The summed E-state index contributed by atoms with van der Waals surface area (Å²) in [4.78, 5) is 18.1. The van der Waals surface area contributed by atoms with Gasteiger partial charge < -0.3 is 9.72 Å². The Hall–Kier alpha value is -2.11. The first kappa shape index (κ1) is 12.3. The Morgan fingerprint density at radius 2 is 2.17 bits per heavy atom. The molecule has 96 valence electrons. The van der Waals surface area contributed by atoms with Crippen LogP contribution in [0.3, 0.4) is 0 Å². The van der Waals surface area contributed by atoms with Crippen molar-refractivity contribution < 1.29 is 13.9 Å². The predicted octanol–water partition coefficient (Wildman–Crippen LogP) is 3.05. The van der Waals surface area contributed by atoms with Crippen LogP contribution in [0.15, 0.2) is 18.6 Å². The lowest BCUT2D eigenvalue weighted by atomic mass is 10.2. The minimum atomic E-state index is -0.590. The summed E-state index contributed by atoms with van der Waals surface area (Å²) in [6, 6.07) is 0. The van der Waals surface area contributed by atoms with Gasteiger partial charge in [0.1, 0.15) is 5.60 Å². The molecule has 0 spiro atoms. The van der Waals surface area contributed by atoms with Gasteiger partial charge in [-0.05, 0) is 20.8 Å². The van der Waals surface area contributed by atoms with E-state index in [0.29, 0.717) is 16.6 Å². The Morgan fingerprint density at radius 3 is 2.83 bits per heavy atom. The molecule has 2 N–H and O–H groups in total. The third-order valence-corrected chi connectivity index (χ3v) is 2.19. The highest BCUT2D eigenvalue weighted by Crippen LogP contribution is 2.24. The minimum Gasteiger partial charge on any atom is -0.444 e. The van der Waals surface area contributed by atoms with Crippen molar-refractivity contribution in [2.45, 2.75) is 26.4 Å². The summed E-state index contributed by atoms with van der Waals surface area (Å²) in [5.41, 5.74) is 0.155. The lowest BCUT2D eigenvalue weighted by Gasteiger charge is -2.19. The third kappa shape index (κ3) is 2.58. The standard InChI is InChI=1S/C12H14FN3O2/c1-12(2,3)18-11(17)16-9-6-15-10-7(9)4-14-5-8(10)13/h4-6,15H,1-3H3,(H,16,17). The summed E-state index contributed by atoms with van der Waals surface area (Å²) in [5.74, 6) is -0.468. The van der Waals surface area contributed by atoms with Crippen LogP contribution in [0.2, 0.25) is 0 Å². The number of rotatable bonds is 1. The van der Waals surface area contributed by atoms with Gasteiger partial charge in [0, 0.05) is 17.8 Å².